The van der Waals surface area contributed by atoms with Crippen LogP contribution in [0.1, 0.15) is 0 Å². The predicted molar refractivity (Wildman–Crippen MR) is 66.5 cm³/mol. The Morgan fingerprint density at radius 2 is 2.00 bits per heavy atom. The fourth-order valence-electron chi connectivity index (χ4n) is 1.37. The van der Waals surface area contributed by atoms with Crippen molar-refractivity contribution in [3.63, 3.8) is 0 Å². The third-order valence-corrected chi connectivity index (χ3v) is 3.18. The number of aromatic amines is 1. The van der Waals surface area contributed by atoms with Gasteiger partial charge in [0.05, 0.1) is 12.6 Å². The van der Waals surface area contributed by atoms with Gasteiger partial charge in [0.1, 0.15) is 0 Å². The number of hydrogen-bond acceptors (Lipinski definition) is 2. The average Bonchev–Trinajstić information content (AvgIpc) is 2.16. The maximum absolute atomic E-state index is 11.5. The first kappa shape index (κ1) is 10.7. The van der Waals surface area contributed by atoms with E-state index in [1.165, 1.54) is 7.11 Å². The van der Waals surface area contributed by atoms with E-state index >= 15 is 0 Å². The number of nitrogens with one attached hydrogen (secondary N) is 1. The van der Waals surface area contributed by atoms with Crippen LogP contribution in [-0.2, 0) is 0 Å². The molecule has 0 spiro atoms. The number of pyridine rings is 1. The van der Waals surface area contributed by atoms with Crippen LogP contribution in [0.3, 0.4) is 0 Å². The second-order valence-electron chi connectivity index (χ2n) is 3.02. The normalized spacial score (nSPS) is 10.6. The number of H-pyrrole nitrogens is 1. The summed E-state index contributed by atoms with van der Waals surface area (Å²) in [6, 6.07) is 5.48. The van der Waals surface area contributed by atoms with E-state index in [4.69, 9.17) is 4.74 Å². The van der Waals surface area contributed by atoms with Gasteiger partial charge in [-0.05, 0) is 18.2 Å². The molecule has 2 rings (SSSR count). The highest BCUT2D eigenvalue weighted by atomic mass is 79.9. The molecule has 0 atom stereocenters. The Bertz CT molecular complexity index is 577. The molecule has 0 fully saturated rings. The number of hydrogen-bond donors (Lipinski definition) is 1. The maximum Gasteiger partial charge on any atom is 0.290 e. The van der Waals surface area contributed by atoms with Crippen molar-refractivity contribution in [3.05, 3.63) is 37.5 Å². The van der Waals surface area contributed by atoms with E-state index < -0.39 is 0 Å². The van der Waals surface area contributed by atoms with Crippen molar-refractivity contribution in [2.75, 3.05) is 7.11 Å². The van der Waals surface area contributed by atoms with Crippen LogP contribution in [0, 0.1) is 0 Å². The molecule has 0 bridgehead atoms. The van der Waals surface area contributed by atoms with Crippen LogP contribution in [0.5, 0.6) is 5.75 Å². The van der Waals surface area contributed by atoms with Gasteiger partial charge < -0.3 is 9.72 Å². The first-order valence-electron chi connectivity index (χ1n) is 4.18. The number of fused-ring (bicyclic) bond motifs is 1. The second kappa shape index (κ2) is 3.98. The molecule has 2 aromatic rings. The second-order valence-corrected chi connectivity index (χ2v) is 4.79. The van der Waals surface area contributed by atoms with Gasteiger partial charge in [-0.15, -0.1) is 0 Å². The Kier molecular flexibility index (Phi) is 2.84. The van der Waals surface area contributed by atoms with Crippen LogP contribution < -0.4 is 10.3 Å². The summed E-state index contributed by atoms with van der Waals surface area (Å²) in [5.74, 6) is 0.311. The quantitative estimate of drug-likeness (QED) is 0.872. The Morgan fingerprint density at radius 3 is 2.67 bits per heavy atom. The zero-order valence-electron chi connectivity index (χ0n) is 7.80. The van der Waals surface area contributed by atoms with Crippen molar-refractivity contribution >= 4 is 42.8 Å². The first-order valence-corrected chi connectivity index (χ1v) is 5.76. The number of methoxy groups -OCH3 is 1. The molecule has 15 heavy (non-hydrogen) atoms. The molecule has 1 N–H and O–H groups in total. The Hall–Kier alpha value is -0.810. The van der Waals surface area contributed by atoms with Crippen LogP contribution in [0.4, 0.5) is 0 Å². The molecule has 1 heterocycles. The van der Waals surface area contributed by atoms with Gasteiger partial charge in [0, 0.05) is 14.3 Å². The fourth-order valence-corrected chi connectivity index (χ4v) is 2.71. The lowest BCUT2D eigenvalue weighted by molar-refractivity contribution is 0.409. The highest BCUT2D eigenvalue weighted by Gasteiger charge is 2.06. The van der Waals surface area contributed by atoms with Gasteiger partial charge in [-0.2, -0.15) is 0 Å². The zero-order chi connectivity index (χ0) is 11.0. The fraction of sp³-hybridized carbons (Fsp3) is 0.100. The SMILES string of the molecule is COc1cc2c(Br)cc(Br)cc2[nH]c1=O. The van der Waals surface area contributed by atoms with E-state index in [2.05, 4.69) is 36.8 Å². The van der Waals surface area contributed by atoms with Gasteiger partial charge in [-0.25, -0.2) is 0 Å². The standard InChI is InChI=1S/C10H7Br2NO2/c1-15-9-4-6-7(12)2-5(11)3-8(6)13-10(9)14/h2-4H,1H3,(H,13,14). The molecule has 1 aromatic heterocycles. The van der Waals surface area contributed by atoms with Crippen LogP contribution in [-0.4, -0.2) is 12.1 Å². The average molecular weight is 333 g/mol. The van der Waals surface area contributed by atoms with Crippen LogP contribution in [0.25, 0.3) is 10.9 Å². The Morgan fingerprint density at radius 1 is 1.27 bits per heavy atom. The van der Waals surface area contributed by atoms with Gasteiger partial charge in [0.15, 0.2) is 5.75 Å². The number of rotatable bonds is 1. The summed E-state index contributed by atoms with van der Waals surface area (Å²) < 4.78 is 6.77. The minimum absolute atomic E-state index is 0.227. The van der Waals surface area contributed by atoms with E-state index in [-0.39, 0.29) is 5.56 Å². The molecule has 78 valence electrons. The van der Waals surface area contributed by atoms with Gasteiger partial charge in [0.25, 0.3) is 5.56 Å². The summed E-state index contributed by atoms with van der Waals surface area (Å²) in [6.07, 6.45) is 0. The smallest absolute Gasteiger partial charge is 0.290 e. The van der Waals surface area contributed by atoms with Gasteiger partial charge in [-0.3, -0.25) is 4.79 Å². The third kappa shape index (κ3) is 1.94. The summed E-state index contributed by atoms with van der Waals surface area (Å²) in [7, 11) is 1.48. The monoisotopic (exact) mass is 331 g/mol. The topological polar surface area (TPSA) is 42.1 Å². The number of aromatic nitrogens is 1. The van der Waals surface area contributed by atoms with Gasteiger partial charge in [-0.1, -0.05) is 31.9 Å². The zero-order valence-corrected chi connectivity index (χ0v) is 11.0. The Balaban J connectivity index is 2.87. The van der Waals surface area contributed by atoms with Crippen LogP contribution >= 0.6 is 31.9 Å². The van der Waals surface area contributed by atoms with Crippen LogP contribution in [0.15, 0.2) is 31.9 Å². The van der Waals surface area contributed by atoms with Crippen molar-refractivity contribution in [1.82, 2.24) is 4.98 Å². The van der Waals surface area contributed by atoms with Crippen molar-refractivity contribution in [1.29, 1.82) is 0 Å². The Labute approximate surface area is 103 Å². The summed E-state index contributed by atoms with van der Waals surface area (Å²) in [4.78, 5) is 14.2. The summed E-state index contributed by atoms with van der Waals surface area (Å²) >= 11 is 6.79. The van der Waals surface area contributed by atoms with Crippen molar-refractivity contribution in [2.24, 2.45) is 0 Å². The lowest BCUT2D eigenvalue weighted by Gasteiger charge is -2.04. The van der Waals surface area contributed by atoms with Gasteiger partial charge in [0.2, 0.25) is 0 Å². The summed E-state index contributed by atoms with van der Waals surface area (Å²) in [5, 5.41) is 0.912. The first-order chi connectivity index (χ1) is 7.11. The number of benzene rings is 1. The molecule has 1 aromatic carbocycles. The molecule has 3 nitrogen and oxygen atoms in total. The van der Waals surface area contributed by atoms with E-state index in [1.807, 2.05) is 12.1 Å². The minimum atomic E-state index is -0.227. The highest BCUT2D eigenvalue weighted by Crippen LogP contribution is 2.28. The molecule has 0 saturated carbocycles. The summed E-state index contributed by atoms with van der Waals surface area (Å²) in [5.41, 5.74) is 0.539. The van der Waals surface area contributed by atoms with E-state index in [0.717, 1.165) is 19.8 Å². The summed E-state index contributed by atoms with van der Waals surface area (Å²) in [6.45, 7) is 0. The lowest BCUT2D eigenvalue weighted by Crippen LogP contribution is -2.08. The van der Waals surface area contributed by atoms with E-state index in [0.29, 0.717) is 5.75 Å². The largest absolute Gasteiger partial charge is 0.491 e. The predicted octanol–water partition coefficient (Wildman–Crippen LogP) is 3.06. The molecule has 0 unspecified atom stereocenters. The third-order valence-electron chi connectivity index (χ3n) is 2.06. The van der Waals surface area contributed by atoms with E-state index in [1.54, 1.807) is 6.07 Å². The maximum atomic E-state index is 11.5. The molecule has 0 radical (unpaired) electrons. The van der Waals surface area contributed by atoms with Gasteiger partial charge >= 0.3 is 0 Å². The van der Waals surface area contributed by atoms with Crippen LogP contribution in [0.2, 0.25) is 0 Å². The molecular formula is C10H7Br2NO2. The number of ether oxygens (including phenoxy) is 1. The molecule has 0 aliphatic heterocycles. The van der Waals surface area contributed by atoms with Crippen molar-refractivity contribution in [3.8, 4) is 5.75 Å². The molecule has 0 aliphatic carbocycles. The molecule has 0 amide bonds. The molecule has 5 heteroatoms. The molecular weight excluding hydrogens is 326 g/mol. The van der Waals surface area contributed by atoms with E-state index in [9.17, 15) is 4.79 Å². The molecule has 0 saturated heterocycles. The number of halogens is 2. The highest BCUT2D eigenvalue weighted by molar-refractivity contribution is 9.11. The molecule has 0 aliphatic rings. The lowest BCUT2D eigenvalue weighted by atomic mass is 10.2. The minimum Gasteiger partial charge on any atom is -0.491 e. The van der Waals surface area contributed by atoms with Crippen molar-refractivity contribution < 1.29 is 4.74 Å². The van der Waals surface area contributed by atoms with Crippen molar-refractivity contribution in [2.45, 2.75) is 0 Å².